The molecule has 0 saturated heterocycles. The Hall–Kier alpha value is -1.06. The molecule has 0 aromatic heterocycles. The largest absolute Gasteiger partial charge is 0.481 e. The van der Waals surface area contributed by atoms with E-state index in [1.165, 1.54) is 0 Å². The first-order valence-corrected chi connectivity index (χ1v) is 6.11. The molecule has 0 aromatic rings. The fourth-order valence-corrected chi connectivity index (χ4v) is 2.62. The highest BCUT2D eigenvalue weighted by Crippen LogP contribution is 2.44. The van der Waals surface area contributed by atoms with Gasteiger partial charge in [-0.1, -0.05) is 13.3 Å². The summed E-state index contributed by atoms with van der Waals surface area (Å²) < 4.78 is 0. The third kappa shape index (κ3) is 1.81. The predicted molar refractivity (Wildman–Crippen MR) is 58.9 cm³/mol. The van der Waals surface area contributed by atoms with E-state index in [0.29, 0.717) is 12.8 Å². The lowest BCUT2D eigenvalue weighted by molar-refractivity contribution is -0.148. The number of carboxylic acids is 1. The summed E-state index contributed by atoms with van der Waals surface area (Å²) in [5.41, 5.74) is -0.131. The fraction of sp³-hybridized carbons (Fsp3) is 0.833. The lowest BCUT2D eigenvalue weighted by Crippen LogP contribution is -2.53. The van der Waals surface area contributed by atoms with Crippen LogP contribution in [0.15, 0.2) is 0 Å². The maximum Gasteiger partial charge on any atom is 0.306 e. The van der Waals surface area contributed by atoms with Crippen molar-refractivity contribution in [3.63, 3.8) is 0 Å². The fourth-order valence-electron chi connectivity index (χ4n) is 2.62. The Morgan fingerprint density at radius 3 is 2.38 bits per heavy atom. The number of carbonyl (C=O) groups is 2. The summed E-state index contributed by atoms with van der Waals surface area (Å²) in [5.74, 6) is -0.835. The molecular weight excluding hydrogens is 206 g/mol. The smallest absolute Gasteiger partial charge is 0.306 e. The predicted octanol–water partition coefficient (Wildman–Crippen LogP) is 1.55. The van der Waals surface area contributed by atoms with Crippen molar-refractivity contribution in [2.75, 3.05) is 0 Å². The van der Waals surface area contributed by atoms with Gasteiger partial charge in [-0.05, 0) is 32.1 Å². The summed E-state index contributed by atoms with van der Waals surface area (Å²) in [6, 6.07) is 0.0950. The molecule has 2 rings (SSSR count). The van der Waals surface area contributed by atoms with Gasteiger partial charge >= 0.3 is 5.97 Å². The minimum absolute atomic E-state index is 0.0950. The Morgan fingerprint density at radius 2 is 2.00 bits per heavy atom. The normalized spacial score (nSPS) is 31.1. The zero-order valence-electron chi connectivity index (χ0n) is 9.66. The van der Waals surface area contributed by atoms with E-state index >= 15 is 0 Å². The van der Waals surface area contributed by atoms with Crippen molar-refractivity contribution in [3.8, 4) is 0 Å². The molecule has 2 N–H and O–H groups in total. The third-order valence-corrected chi connectivity index (χ3v) is 4.29. The average molecular weight is 225 g/mol. The maximum absolute atomic E-state index is 12.0. The number of nitrogens with one attached hydrogen (secondary N) is 1. The van der Waals surface area contributed by atoms with E-state index in [0.717, 1.165) is 25.7 Å². The SMILES string of the molecule is CCC1(C(=O)NC2CC(C(=O)O)C2)CCC1. The van der Waals surface area contributed by atoms with Crippen molar-refractivity contribution in [1.82, 2.24) is 5.32 Å². The second kappa shape index (κ2) is 4.07. The second-order valence-corrected chi connectivity index (χ2v) is 5.16. The maximum atomic E-state index is 12.0. The summed E-state index contributed by atoms with van der Waals surface area (Å²) in [4.78, 5) is 22.6. The molecule has 0 spiro atoms. The minimum atomic E-state index is -0.737. The molecular formula is C12H19NO3. The summed E-state index contributed by atoms with van der Waals surface area (Å²) in [7, 11) is 0. The van der Waals surface area contributed by atoms with Crippen LogP contribution in [0.25, 0.3) is 0 Å². The molecule has 2 aliphatic carbocycles. The zero-order chi connectivity index (χ0) is 11.8. The average Bonchev–Trinajstić information content (AvgIpc) is 2.08. The van der Waals surface area contributed by atoms with Crippen LogP contribution in [0, 0.1) is 11.3 Å². The summed E-state index contributed by atoms with van der Waals surface area (Å²) in [5, 5.41) is 11.7. The molecule has 0 bridgehead atoms. The van der Waals surface area contributed by atoms with Gasteiger partial charge in [0.05, 0.1) is 5.92 Å². The van der Waals surface area contributed by atoms with E-state index in [-0.39, 0.29) is 23.3 Å². The highest BCUT2D eigenvalue weighted by atomic mass is 16.4. The molecule has 2 fully saturated rings. The van der Waals surface area contributed by atoms with Crippen LogP contribution in [0.2, 0.25) is 0 Å². The lowest BCUT2D eigenvalue weighted by Gasteiger charge is -2.42. The Kier molecular flexibility index (Phi) is 2.91. The first kappa shape index (κ1) is 11.4. The van der Waals surface area contributed by atoms with Gasteiger partial charge in [0.25, 0.3) is 0 Å². The number of carboxylic acid groups (broad SMARTS) is 1. The number of aliphatic carboxylic acids is 1. The molecule has 2 saturated carbocycles. The van der Waals surface area contributed by atoms with Crippen molar-refractivity contribution in [1.29, 1.82) is 0 Å². The van der Waals surface area contributed by atoms with E-state index < -0.39 is 5.97 Å². The number of amides is 1. The number of carbonyl (C=O) groups excluding carboxylic acids is 1. The van der Waals surface area contributed by atoms with E-state index in [2.05, 4.69) is 12.2 Å². The first-order valence-electron chi connectivity index (χ1n) is 6.11. The summed E-state index contributed by atoms with van der Waals surface area (Å²) in [6.07, 6.45) is 5.22. The van der Waals surface area contributed by atoms with Gasteiger partial charge in [-0.3, -0.25) is 9.59 Å². The molecule has 0 aromatic carbocycles. The van der Waals surface area contributed by atoms with E-state index in [4.69, 9.17) is 5.11 Å². The van der Waals surface area contributed by atoms with Gasteiger partial charge < -0.3 is 10.4 Å². The van der Waals surface area contributed by atoms with Crippen molar-refractivity contribution >= 4 is 11.9 Å². The van der Waals surface area contributed by atoms with Crippen LogP contribution < -0.4 is 5.32 Å². The first-order chi connectivity index (χ1) is 7.57. The lowest BCUT2D eigenvalue weighted by atomic mass is 9.66. The molecule has 0 unspecified atom stereocenters. The molecule has 16 heavy (non-hydrogen) atoms. The number of rotatable bonds is 4. The van der Waals surface area contributed by atoms with Crippen LogP contribution in [0.4, 0.5) is 0 Å². The standard InChI is InChI=1S/C12H19NO3/c1-2-12(4-3-5-12)11(16)13-9-6-8(7-9)10(14)15/h8-9H,2-7H2,1H3,(H,13,16)(H,14,15). The van der Waals surface area contributed by atoms with Crippen molar-refractivity contribution in [2.45, 2.75) is 51.5 Å². The molecule has 4 nitrogen and oxygen atoms in total. The van der Waals surface area contributed by atoms with Gasteiger partial charge in [0.1, 0.15) is 0 Å². The minimum Gasteiger partial charge on any atom is -0.481 e. The van der Waals surface area contributed by atoms with Crippen LogP contribution in [0.1, 0.15) is 45.4 Å². The third-order valence-electron chi connectivity index (χ3n) is 4.29. The molecule has 90 valence electrons. The topological polar surface area (TPSA) is 66.4 Å². The second-order valence-electron chi connectivity index (χ2n) is 5.16. The molecule has 0 heterocycles. The van der Waals surface area contributed by atoms with Crippen LogP contribution in [-0.4, -0.2) is 23.0 Å². The Labute approximate surface area is 95.4 Å². The molecule has 0 aliphatic heterocycles. The molecule has 2 aliphatic rings. The monoisotopic (exact) mass is 225 g/mol. The number of hydrogen-bond acceptors (Lipinski definition) is 2. The highest BCUT2D eigenvalue weighted by molar-refractivity contribution is 5.84. The van der Waals surface area contributed by atoms with Gasteiger partial charge in [0, 0.05) is 11.5 Å². The Balaban J connectivity index is 1.79. The molecule has 0 atom stereocenters. The highest BCUT2D eigenvalue weighted by Gasteiger charge is 2.44. The Morgan fingerprint density at radius 1 is 1.38 bits per heavy atom. The summed E-state index contributed by atoms with van der Waals surface area (Å²) >= 11 is 0. The zero-order valence-corrected chi connectivity index (χ0v) is 9.66. The van der Waals surface area contributed by atoms with Gasteiger partial charge in [-0.2, -0.15) is 0 Å². The molecule has 0 radical (unpaired) electrons. The van der Waals surface area contributed by atoms with Crippen LogP contribution in [0.3, 0.4) is 0 Å². The van der Waals surface area contributed by atoms with E-state index in [1.807, 2.05) is 0 Å². The number of hydrogen-bond donors (Lipinski definition) is 2. The van der Waals surface area contributed by atoms with Crippen LogP contribution >= 0.6 is 0 Å². The van der Waals surface area contributed by atoms with Crippen molar-refractivity contribution in [3.05, 3.63) is 0 Å². The summed E-state index contributed by atoms with van der Waals surface area (Å²) in [6.45, 7) is 2.06. The molecule has 4 heteroatoms. The van der Waals surface area contributed by atoms with E-state index in [9.17, 15) is 9.59 Å². The van der Waals surface area contributed by atoms with Gasteiger partial charge in [-0.25, -0.2) is 0 Å². The van der Waals surface area contributed by atoms with E-state index in [1.54, 1.807) is 0 Å². The van der Waals surface area contributed by atoms with Crippen LogP contribution in [0.5, 0.6) is 0 Å². The van der Waals surface area contributed by atoms with Crippen LogP contribution in [-0.2, 0) is 9.59 Å². The van der Waals surface area contributed by atoms with Gasteiger partial charge in [0.2, 0.25) is 5.91 Å². The van der Waals surface area contributed by atoms with Gasteiger partial charge in [0.15, 0.2) is 0 Å². The molecule has 1 amide bonds. The quantitative estimate of drug-likeness (QED) is 0.762. The Bertz CT molecular complexity index is 298. The van der Waals surface area contributed by atoms with Crippen molar-refractivity contribution < 1.29 is 14.7 Å². The van der Waals surface area contributed by atoms with Crippen molar-refractivity contribution in [2.24, 2.45) is 11.3 Å². The van der Waals surface area contributed by atoms with Gasteiger partial charge in [-0.15, -0.1) is 0 Å².